The van der Waals surface area contributed by atoms with Crippen LogP contribution >= 0.6 is 0 Å². The Morgan fingerprint density at radius 1 is 0.947 bits per heavy atom. The van der Waals surface area contributed by atoms with Gasteiger partial charge in [0.15, 0.2) is 0 Å². The van der Waals surface area contributed by atoms with E-state index in [1.165, 1.54) is 24.3 Å². The van der Waals surface area contributed by atoms with E-state index in [4.69, 9.17) is 14.7 Å². The summed E-state index contributed by atoms with van der Waals surface area (Å²) in [4.78, 5) is 0. The number of nitrogens with zero attached hydrogens (tertiary/aromatic N) is 2. The van der Waals surface area contributed by atoms with Crippen LogP contribution in [0.25, 0.3) is 5.69 Å². The SMILES string of the molecule is C[C@@]12C=C[C@@](CCOc3ccc(C(F)(F)F)cc3)(O1)c1c2c(O)n(-c2ccc(C#N)c(C(F)(F)F)c2)c1O. The van der Waals surface area contributed by atoms with Crippen molar-refractivity contribution in [2.24, 2.45) is 0 Å². The molecule has 2 atom stereocenters. The van der Waals surface area contributed by atoms with Gasteiger partial charge in [-0.15, -0.1) is 0 Å². The van der Waals surface area contributed by atoms with Gasteiger partial charge >= 0.3 is 12.4 Å². The lowest BCUT2D eigenvalue weighted by atomic mass is 9.83. The van der Waals surface area contributed by atoms with Crippen LogP contribution in [-0.4, -0.2) is 21.4 Å². The molecule has 2 aromatic carbocycles. The second kappa shape index (κ2) is 8.19. The fourth-order valence-corrected chi connectivity index (χ4v) is 5.00. The Morgan fingerprint density at radius 2 is 1.61 bits per heavy atom. The Kier molecular flexibility index (Phi) is 5.51. The Bertz CT molecular complexity index is 1500. The van der Waals surface area contributed by atoms with E-state index in [2.05, 4.69) is 0 Å². The fraction of sp³-hybridized carbons (Fsp3) is 0.269. The molecule has 0 radical (unpaired) electrons. The lowest BCUT2D eigenvalue weighted by Gasteiger charge is -2.25. The van der Waals surface area contributed by atoms with Crippen LogP contribution in [0.15, 0.2) is 54.6 Å². The summed E-state index contributed by atoms with van der Waals surface area (Å²) in [6, 6.07) is 8.33. The monoisotopic (exact) mass is 536 g/mol. The first kappa shape index (κ1) is 25.5. The molecule has 6 nitrogen and oxygen atoms in total. The third-order valence-electron chi connectivity index (χ3n) is 6.72. The quantitative estimate of drug-likeness (QED) is 0.296. The molecule has 0 fully saturated rings. The van der Waals surface area contributed by atoms with Gasteiger partial charge in [-0.2, -0.15) is 31.6 Å². The van der Waals surface area contributed by atoms with E-state index < -0.39 is 52.0 Å². The molecule has 0 unspecified atom stereocenters. The first-order chi connectivity index (χ1) is 17.7. The average molecular weight is 536 g/mol. The summed E-state index contributed by atoms with van der Waals surface area (Å²) in [6.45, 7) is 1.54. The summed E-state index contributed by atoms with van der Waals surface area (Å²) >= 11 is 0. The lowest BCUT2D eigenvalue weighted by molar-refractivity contribution is -0.138. The van der Waals surface area contributed by atoms with Crippen molar-refractivity contribution in [2.45, 2.75) is 36.9 Å². The smallest absolute Gasteiger partial charge is 0.417 e. The van der Waals surface area contributed by atoms with E-state index in [0.717, 1.165) is 22.8 Å². The second-order valence-corrected chi connectivity index (χ2v) is 9.12. The topological polar surface area (TPSA) is 87.6 Å². The highest BCUT2D eigenvalue weighted by Gasteiger charge is 2.58. The summed E-state index contributed by atoms with van der Waals surface area (Å²) < 4.78 is 91.5. The van der Waals surface area contributed by atoms with Gasteiger partial charge in [0.1, 0.15) is 17.0 Å². The van der Waals surface area contributed by atoms with E-state index in [-0.39, 0.29) is 35.6 Å². The van der Waals surface area contributed by atoms with Crippen molar-refractivity contribution >= 4 is 0 Å². The first-order valence-corrected chi connectivity index (χ1v) is 11.2. The second-order valence-electron chi connectivity index (χ2n) is 9.12. The number of fused-ring (bicyclic) bond motifs is 5. The molecule has 0 saturated heterocycles. The van der Waals surface area contributed by atoms with Gasteiger partial charge in [-0.25, -0.2) is 0 Å². The number of aromatic hydroxyl groups is 2. The first-order valence-electron chi connectivity index (χ1n) is 11.2. The Balaban J connectivity index is 1.47. The van der Waals surface area contributed by atoms with Crippen LogP contribution in [0.5, 0.6) is 17.5 Å². The highest BCUT2D eigenvalue weighted by molar-refractivity contribution is 5.64. The largest absolute Gasteiger partial charge is 0.494 e. The van der Waals surface area contributed by atoms with Crippen LogP contribution in [0, 0.1) is 11.3 Å². The fourth-order valence-electron chi connectivity index (χ4n) is 5.00. The van der Waals surface area contributed by atoms with E-state index in [1.807, 2.05) is 0 Å². The van der Waals surface area contributed by atoms with Crippen LogP contribution < -0.4 is 4.74 Å². The van der Waals surface area contributed by atoms with Crippen molar-refractivity contribution in [3.63, 3.8) is 0 Å². The molecular formula is C26H18F6N2O4. The number of benzene rings is 2. The van der Waals surface area contributed by atoms with E-state index in [9.17, 15) is 36.6 Å². The van der Waals surface area contributed by atoms with Crippen molar-refractivity contribution in [3.8, 4) is 29.3 Å². The van der Waals surface area contributed by atoms with Gasteiger partial charge in [0, 0.05) is 6.42 Å². The molecule has 2 bridgehead atoms. The predicted molar refractivity (Wildman–Crippen MR) is 120 cm³/mol. The van der Waals surface area contributed by atoms with Crippen LogP contribution in [-0.2, 0) is 28.3 Å². The van der Waals surface area contributed by atoms with Crippen molar-refractivity contribution in [2.75, 3.05) is 6.61 Å². The van der Waals surface area contributed by atoms with Gasteiger partial charge in [-0.1, -0.05) is 0 Å². The Hall–Kier alpha value is -4.11. The minimum absolute atomic E-state index is 0.0608. The third kappa shape index (κ3) is 3.85. The van der Waals surface area contributed by atoms with Gasteiger partial charge in [-0.3, -0.25) is 4.57 Å². The summed E-state index contributed by atoms with van der Waals surface area (Å²) in [7, 11) is 0. The number of nitriles is 1. The Labute approximate surface area is 211 Å². The maximum Gasteiger partial charge on any atom is 0.417 e. The van der Waals surface area contributed by atoms with Crippen LogP contribution in [0.4, 0.5) is 26.3 Å². The number of aromatic nitrogens is 1. The normalized spacial score (nSPS) is 21.9. The molecule has 5 rings (SSSR count). The summed E-state index contributed by atoms with van der Waals surface area (Å²) in [5.41, 5.74) is -5.14. The number of ether oxygens (including phenoxy) is 2. The molecule has 2 aliphatic rings. The number of alkyl halides is 6. The molecule has 2 aliphatic heterocycles. The zero-order valence-electron chi connectivity index (χ0n) is 19.5. The van der Waals surface area contributed by atoms with Crippen LogP contribution in [0.1, 0.15) is 41.2 Å². The maximum atomic E-state index is 13.5. The van der Waals surface area contributed by atoms with Gasteiger partial charge < -0.3 is 19.7 Å². The van der Waals surface area contributed by atoms with Crippen molar-refractivity contribution in [1.29, 1.82) is 5.26 Å². The molecule has 0 aliphatic carbocycles. The van der Waals surface area contributed by atoms with Crippen LogP contribution in [0.3, 0.4) is 0 Å². The summed E-state index contributed by atoms with van der Waals surface area (Å²) in [5.74, 6) is -0.926. The van der Waals surface area contributed by atoms with Crippen LogP contribution in [0.2, 0.25) is 0 Å². The zero-order valence-corrected chi connectivity index (χ0v) is 19.5. The molecule has 0 amide bonds. The molecule has 3 aromatic rings. The molecule has 1 aromatic heterocycles. The number of hydrogen-bond acceptors (Lipinski definition) is 5. The van der Waals surface area contributed by atoms with Gasteiger partial charge in [0.05, 0.1) is 46.2 Å². The minimum atomic E-state index is -4.85. The highest BCUT2D eigenvalue weighted by Crippen LogP contribution is 2.62. The molecule has 12 heteroatoms. The van der Waals surface area contributed by atoms with E-state index in [1.54, 1.807) is 19.1 Å². The molecule has 0 spiro atoms. The van der Waals surface area contributed by atoms with Crippen molar-refractivity contribution in [1.82, 2.24) is 4.57 Å². The molecular weight excluding hydrogens is 518 g/mol. The number of rotatable bonds is 5. The molecule has 38 heavy (non-hydrogen) atoms. The van der Waals surface area contributed by atoms with Crippen molar-refractivity contribution < 1.29 is 46.0 Å². The highest BCUT2D eigenvalue weighted by atomic mass is 19.4. The molecule has 3 heterocycles. The van der Waals surface area contributed by atoms with Gasteiger partial charge in [0.2, 0.25) is 11.8 Å². The lowest BCUT2D eigenvalue weighted by Crippen LogP contribution is -2.25. The third-order valence-corrected chi connectivity index (χ3v) is 6.72. The Morgan fingerprint density at radius 3 is 2.21 bits per heavy atom. The summed E-state index contributed by atoms with van der Waals surface area (Å²) in [5, 5.41) is 31.2. The number of halogens is 6. The van der Waals surface area contributed by atoms with Gasteiger partial charge in [-0.05, 0) is 61.5 Å². The average Bonchev–Trinajstić information content (AvgIpc) is 3.42. The zero-order chi connectivity index (χ0) is 27.7. The summed E-state index contributed by atoms with van der Waals surface area (Å²) in [6.07, 6.45) is -6.01. The van der Waals surface area contributed by atoms with Crippen molar-refractivity contribution in [3.05, 3.63) is 82.4 Å². The molecule has 198 valence electrons. The van der Waals surface area contributed by atoms with Gasteiger partial charge in [0.25, 0.3) is 0 Å². The number of hydrogen-bond donors (Lipinski definition) is 2. The minimum Gasteiger partial charge on any atom is -0.494 e. The maximum absolute atomic E-state index is 13.5. The van der Waals surface area contributed by atoms with E-state index >= 15 is 0 Å². The molecule has 2 N–H and O–H groups in total. The predicted octanol–water partition coefficient (Wildman–Crippen LogP) is 6.28. The van der Waals surface area contributed by atoms with E-state index in [0.29, 0.717) is 6.07 Å². The standard InChI is InChI=1S/C26H18F6N2O4/c1-23-8-9-24(38-23,10-11-37-17-6-3-15(4-7-17)25(27,28)29)20-19(23)21(35)34(22(20)36)16-5-2-14(13-33)18(12-16)26(30,31)32/h2-9,12,35-36H,10-11H2,1H3/t23-,24-/m0/s1. The molecule has 0 saturated carbocycles.